The van der Waals surface area contributed by atoms with E-state index in [9.17, 15) is 0 Å². The van der Waals surface area contributed by atoms with Crippen LogP contribution < -0.4 is 10.1 Å². The van der Waals surface area contributed by atoms with Crippen LogP contribution >= 0.6 is 0 Å². The lowest BCUT2D eigenvalue weighted by atomic mass is 10.2. The van der Waals surface area contributed by atoms with Crippen LogP contribution in [0, 0.1) is 0 Å². The van der Waals surface area contributed by atoms with Crippen molar-refractivity contribution in [3.8, 4) is 5.75 Å². The fraction of sp³-hybridized carbons (Fsp3) is 0.571. The Morgan fingerprint density at radius 3 is 2.56 bits per heavy atom. The summed E-state index contributed by atoms with van der Waals surface area (Å²) in [6.45, 7) is 2.38. The normalized spacial score (nSPS) is 14.7. The van der Waals surface area contributed by atoms with Crippen molar-refractivity contribution in [1.82, 2.24) is 5.32 Å². The van der Waals surface area contributed by atoms with Crippen LogP contribution in [0.5, 0.6) is 5.75 Å². The first-order chi connectivity index (χ1) is 8.88. The van der Waals surface area contributed by atoms with Gasteiger partial charge in [-0.3, -0.25) is 0 Å². The largest absolute Gasteiger partial charge is 0.491 e. The smallest absolute Gasteiger partial charge is 0.119 e. The van der Waals surface area contributed by atoms with Crippen LogP contribution in [0.25, 0.3) is 0 Å². The third-order valence-electron chi connectivity index (χ3n) is 2.83. The third kappa shape index (κ3) is 5.04. The molecule has 0 bridgehead atoms. The van der Waals surface area contributed by atoms with Crippen LogP contribution in [-0.4, -0.2) is 37.6 Å². The van der Waals surface area contributed by atoms with Gasteiger partial charge < -0.3 is 19.9 Å². The second-order valence-electron chi connectivity index (χ2n) is 4.48. The van der Waals surface area contributed by atoms with Gasteiger partial charge >= 0.3 is 0 Å². The summed E-state index contributed by atoms with van der Waals surface area (Å²) >= 11 is 0. The highest BCUT2D eigenvalue weighted by Crippen LogP contribution is 2.19. The first-order valence-corrected chi connectivity index (χ1v) is 6.52. The molecular weight excluding hydrogens is 230 g/mol. The quantitative estimate of drug-likeness (QED) is 0.650. The summed E-state index contributed by atoms with van der Waals surface area (Å²) in [6, 6.07) is 8.87. The molecule has 1 fully saturated rings. The highest BCUT2D eigenvalue weighted by atomic mass is 16.5. The van der Waals surface area contributed by atoms with E-state index in [4.69, 9.17) is 14.6 Å². The molecule has 1 aliphatic rings. The highest BCUT2D eigenvalue weighted by Gasteiger charge is 2.19. The van der Waals surface area contributed by atoms with Gasteiger partial charge in [0.1, 0.15) is 12.4 Å². The molecule has 2 N–H and O–H groups in total. The first-order valence-electron chi connectivity index (χ1n) is 6.52. The summed E-state index contributed by atoms with van der Waals surface area (Å²) in [4.78, 5) is 0. The summed E-state index contributed by atoms with van der Waals surface area (Å²) in [5, 5.41) is 12.0. The zero-order chi connectivity index (χ0) is 12.6. The summed E-state index contributed by atoms with van der Waals surface area (Å²) < 4.78 is 10.6. The molecule has 4 heteroatoms. The molecule has 0 aromatic heterocycles. The van der Waals surface area contributed by atoms with Crippen LogP contribution in [-0.2, 0) is 11.3 Å². The lowest BCUT2D eigenvalue weighted by Gasteiger charge is -2.08. The number of aliphatic hydroxyl groups excluding tert-OH is 1. The first kappa shape index (κ1) is 13.3. The van der Waals surface area contributed by atoms with E-state index in [1.165, 1.54) is 18.4 Å². The molecule has 100 valence electrons. The molecule has 1 aromatic rings. The molecule has 1 saturated carbocycles. The fourth-order valence-corrected chi connectivity index (χ4v) is 1.64. The lowest BCUT2D eigenvalue weighted by Crippen LogP contribution is -2.15. The number of nitrogens with one attached hydrogen (secondary N) is 1. The minimum Gasteiger partial charge on any atom is -0.491 e. The molecule has 0 atom stereocenters. The molecule has 0 amide bonds. The van der Waals surface area contributed by atoms with E-state index in [1.54, 1.807) is 0 Å². The van der Waals surface area contributed by atoms with E-state index in [2.05, 4.69) is 17.4 Å². The van der Waals surface area contributed by atoms with Gasteiger partial charge in [0.25, 0.3) is 0 Å². The molecule has 18 heavy (non-hydrogen) atoms. The average Bonchev–Trinajstić information content (AvgIpc) is 3.22. The Morgan fingerprint density at radius 2 is 1.89 bits per heavy atom. The molecule has 0 saturated heterocycles. The summed E-state index contributed by atoms with van der Waals surface area (Å²) in [5.74, 6) is 0.859. The molecule has 0 aliphatic heterocycles. The van der Waals surface area contributed by atoms with Gasteiger partial charge in [-0.05, 0) is 30.5 Å². The van der Waals surface area contributed by atoms with Crippen molar-refractivity contribution in [3.05, 3.63) is 29.8 Å². The predicted octanol–water partition coefficient (Wildman–Crippen LogP) is 1.33. The number of ether oxygens (including phenoxy) is 2. The molecule has 0 heterocycles. The van der Waals surface area contributed by atoms with Gasteiger partial charge in [0, 0.05) is 12.6 Å². The molecule has 2 rings (SSSR count). The summed E-state index contributed by atoms with van der Waals surface area (Å²) in [7, 11) is 0. The van der Waals surface area contributed by atoms with Gasteiger partial charge in [0.05, 0.1) is 19.8 Å². The molecule has 0 radical (unpaired) electrons. The monoisotopic (exact) mass is 251 g/mol. The van der Waals surface area contributed by atoms with Crippen molar-refractivity contribution in [2.45, 2.75) is 25.4 Å². The van der Waals surface area contributed by atoms with Gasteiger partial charge in [-0.25, -0.2) is 0 Å². The second kappa shape index (κ2) is 7.36. The SMILES string of the molecule is OCCOCCOc1ccc(CNC2CC2)cc1. The Bertz CT molecular complexity index is 335. The average molecular weight is 251 g/mol. The highest BCUT2D eigenvalue weighted by molar-refractivity contribution is 5.27. The lowest BCUT2D eigenvalue weighted by molar-refractivity contribution is 0.0705. The van der Waals surface area contributed by atoms with Crippen LogP contribution in [0.15, 0.2) is 24.3 Å². The molecular formula is C14H21NO3. The molecule has 1 aliphatic carbocycles. The third-order valence-corrected chi connectivity index (χ3v) is 2.83. The van der Waals surface area contributed by atoms with Gasteiger partial charge in [0.15, 0.2) is 0 Å². The molecule has 0 unspecified atom stereocenters. The minimum atomic E-state index is 0.0582. The minimum absolute atomic E-state index is 0.0582. The number of rotatable bonds is 9. The Morgan fingerprint density at radius 1 is 1.11 bits per heavy atom. The summed E-state index contributed by atoms with van der Waals surface area (Å²) in [5.41, 5.74) is 1.28. The fourth-order valence-electron chi connectivity index (χ4n) is 1.64. The second-order valence-corrected chi connectivity index (χ2v) is 4.48. The maximum absolute atomic E-state index is 8.54. The standard InChI is InChI=1S/C14H21NO3/c16-7-8-17-9-10-18-14-5-1-12(2-6-14)11-15-13-3-4-13/h1-2,5-6,13,15-16H,3-4,7-11H2. The van der Waals surface area contributed by atoms with E-state index in [0.717, 1.165) is 18.3 Å². The predicted molar refractivity (Wildman–Crippen MR) is 69.7 cm³/mol. The van der Waals surface area contributed by atoms with Gasteiger partial charge in [-0.15, -0.1) is 0 Å². The number of hydrogen-bond acceptors (Lipinski definition) is 4. The Balaban J connectivity index is 1.63. The zero-order valence-corrected chi connectivity index (χ0v) is 10.6. The maximum Gasteiger partial charge on any atom is 0.119 e. The summed E-state index contributed by atoms with van der Waals surface area (Å²) in [6.07, 6.45) is 2.63. The van der Waals surface area contributed by atoms with Crippen molar-refractivity contribution < 1.29 is 14.6 Å². The molecule has 1 aromatic carbocycles. The van der Waals surface area contributed by atoms with Crippen molar-refractivity contribution in [2.75, 3.05) is 26.4 Å². The molecule has 0 spiro atoms. The van der Waals surface area contributed by atoms with Crippen LogP contribution in [0.3, 0.4) is 0 Å². The van der Waals surface area contributed by atoms with E-state index >= 15 is 0 Å². The van der Waals surface area contributed by atoms with Gasteiger partial charge in [-0.1, -0.05) is 12.1 Å². The molecule has 4 nitrogen and oxygen atoms in total. The number of aliphatic hydroxyl groups is 1. The Hall–Kier alpha value is -1.10. The number of benzene rings is 1. The Kier molecular flexibility index (Phi) is 5.45. The van der Waals surface area contributed by atoms with Crippen molar-refractivity contribution >= 4 is 0 Å². The van der Waals surface area contributed by atoms with E-state index < -0.39 is 0 Å². The van der Waals surface area contributed by atoms with Gasteiger partial charge in [-0.2, -0.15) is 0 Å². The van der Waals surface area contributed by atoms with E-state index in [-0.39, 0.29) is 6.61 Å². The van der Waals surface area contributed by atoms with E-state index in [0.29, 0.717) is 19.8 Å². The topological polar surface area (TPSA) is 50.7 Å². The van der Waals surface area contributed by atoms with Crippen LogP contribution in [0.2, 0.25) is 0 Å². The zero-order valence-electron chi connectivity index (χ0n) is 10.6. The Labute approximate surface area is 108 Å². The van der Waals surface area contributed by atoms with Crippen molar-refractivity contribution in [1.29, 1.82) is 0 Å². The van der Waals surface area contributed by atoms with Crippen LogP contribution in [0.1, 0.15) is 18.4 Å². The van der Waals surface area contributed by atoms with Crippen molar-refractivity contribution in [3.63, 3.8) is 0 Å². The number of hydrogen-bond donors (Lipinski definition) is 2. The van der Waals surface area contributed by atoms with Crippen LogP contribution in [0.4, 0.5) is 0 Å². The van der Waals surface area contributed by atoms with Crippen molar-refractivity contribution in [2.24, 2.45) is 0 Å². The maximum atomic E-state index is 8.54. The van der Waals surface area contributed by atoms with Gasteiger partial charge in [0.2, 0.25) is 0 Å². The van der Waals surface area contributed by atoms with E-state index in [1.807, 2.05) is 12.1 Å².